The highest BCUT2D eigenvalue weighted by Gasteiger charge is 2.10. The van der Waals surface area contributed by atoms with Crippen LogP contribution in [0.2, 0.25) is 0 Å². The molecule has 12 heavy (non-hydrogen) atoms. The van der Waals surface area contributed by atoms with E-state index in [2.05, 4.69) is 20.9 Å². The number of pyridine rings is 1. The molecular formula is C7H5BrF3N. The first-order chi connectivity index (χ1) is 5.65. The van der Waals surface area contributed by atoms with E-state index in [4.69, 9.17) is 0 Å². The zero-order valence-electron chi connectivity index (χ0n) is 5.90. The highest BCUT2D eigenvalue weighted by atomic mass is 79.9. The van der Waals surface area contributed by atoms with Crippen molar-refractivity contribution in [1.29, 1.82) is 0 Å². The Morgan fingerprint density at radius 1 is 1.50 bits per heavy atom. The van der Waals surface area contributed by atoms with Gasteiger partial charge in [-0.1, -0.05) is 15.9 Å². The average Bonchev–Trinajstić information content (AvgIpc) is 2.04. The Bertz CT molecular complexity index is 277. The molecule has 0 aliphatic carbocycles. The van der Waals surface area contributed by atoms with Gasteiger partial charge in [0.05, 0.1) is 0 Å². The van der Waals surface area contributed by atoms with Gasteiger partial charge < -0.3 is 0 Å². The molecule has 0 amide bonds. The molecule has 0 bridgehead atoms. The van der Waals surface area contributed by atoms with Crippen LogP contribution in [-0.4, -0.2) is 4.98 Å². The van der Waals surface area contributed by atoms with E-state index in [9.17, 15) is 13.2 Å². The summed E-state index contributed by atoms with van der Waals surface area (Å²) in [4.78, 5) is 3.39. The van der Waals surface area contributed by atoms with E-state index in [1.54, 1.807) is 0 Å². The molecule has 0 N–H and O–H groups in total. The molecule has 1 rings (SSSR count). The molecule has 0 aliphatic heterocycles. The highest BCUT2D eigenvalue weighted by Crippen LogP contribution is 2.23. The van der Waals surface area contributed by atoms with Crippen molar-refractivity contribution in [2.75, 3.05) is 0 Å². The minimum atomic E-state index is -2.62. The number of nitrogens with zero attached hydrogens (tertiary/aromatic N) is 1. The zero-order valence-corrected chi connectivity index (χ0v) is 7.48. The van der Waals surface area contributed by atoms with Gasteiger partial charge in [-0.15, -0.1) is 0 Å². The highest BCUT2D eigenvalue weighted by molar-refractivity contribution is 9.10. The van der Waals surface area contributed by atoms with Crippen LogP contribution in [0, 0.1) is 0 Å². The molecule has 0 aliphatic rings. The molecule has 66 valence electrons. The number of hydrogen-bond donors (Lipinski definition) is 0. The van der Waals surface area contributed by atoms with Gasteiger partial charge in [0.15, 0.2) is 0 Å². The van der Waals surface area contributed by atoms with Gasteiger partial charge in [-0.3, -0.25) is 4.98 Å². The maximum atomic E-state index is 12.1. The van der Waals surface area contributed by atoms with E-state index < -0.39 is 13.1 Å². The number of hydrogen-bond acceptors (Lipinski definition) is 1. The number of aromatic nitrogens is 1. The van der Waals surface area contributed by atoms with E-state index >= 15 is 0 Å². The molecule has 0 aromatic carbocycles. The predicted molar refractivity (Wildman–Crippen MR) is 41.7 cm³/mol. The van der Waals surface area contributed by atoms with Gasteiger partial charge in [-0.25, -0.2) is 13.2 Å². The molecule has 0 unspecified atom stereocenters. The van der Waals surface area contributed by atoms with Crippen LogP contribution in [-0.2, 0) is 6.67 Å². The second-order valence-corrected chi connectivity index (χ2v) is 2.99. The number of alkyl halides is 3. The molecule has 0 fully saturated rings. The Morgan fingerprint density at radius 2 is 2.17 bits per heavy atom. The molecule has 1 aromatic rings. The fourth-order valence-electron chi connectivity index (χ4n) is 0.692. The first-order valence-electron chi connectivity index (χ1n) is 3.13. The van der Waals surface area contributed by atoms with Crippen molar-refractivity contribution in [3.8, 4) is 0 Å². The normalized spacial score (nSPS) is 10.8. The minimum absolute atomic E-state index is 0.277. The third-order valence-corrected chi connectivity index (χ3v) is 2.06. The topological polar surface area (TPSA) is 12.9 Å². The Kier molecular flexibility index (Phi) is 3.08. The van der Waals surface area contributed by atoms with Crippen LogP contribution in [0.15, 0.2) is 16.7 Å². The standard InChI is InChI=1S/C7H5BrF3N/c8-5-1-6(7(10)11)12-3-4(5)2-9/h1,3,7H,2H2. The molecule has 1 aromatic heterocycles. The van der Waals surface area contributed by atoms with Crippen LogP contribution in [0.3, 0.4) is 0 Å². The molecule has 0 spiro atoms. The fraction of sp³-hybridized carbons (Fsp3) is 0.286. The summed E-state index contributed by atoms with van der Waals surface area (Å²) >= 11 is 2.96. The molecule has 0 saturated heterocycles. The summed E-state index contributed by atoms with van der Waals surface area (Å²) in [5, 5.41) is 0. The summed E-state index contributed by atoms with van der Waals surface area (Å²) in [6.07, 6.45) is -1.51. The molecule has 0 saturated carbocycles. The average molecular weight is 240 g/mol. The Hall–Kier alpha value is -0.580. The zero-order chi connectivity index (χ0) is 9.14. The third-order valence-electron chi connectivity index (χ3n) is 1.32. The second-order valence-electron chi connectivity index (χ2n) is 2.13. The van der Waals surface area contributed by atoms with Gasteiger partial charge in [0, 0.05) is 16.2 Å². The second kappa shape index (κ2) is 3.89. The Morgan fingerprint density at radius 3 is 2.58 bits per heavy atom. The van der Waals surface area contributed by atoms with E-state index in [-0.39, 0.29) is 11.3 Å². The third kappa shape index (κ3) is 1.97. The smallest absolute Gasteiger partial charge is 0.255 e. The van der Waals surface area contributed by atoms with Crippen LogP contribution in [0.25, 0.3) is 0 Å². The molecule has 5 heteroatoms. The van der Waals surface area contributed by atoms with Crippen molar-refractivity contribution in [3.63, 3.8) is 0 Å². The first-order valence-corrected chi connectivity index (χ1v) is 3.93. The van der Waals surface area contributed by atoms with Crippen molar-refractivity contribution in [3.05, 3.63) is 28.0 Å². The lowest BCUT2D eigenvalue weighted by atomic mass is 10.3. The van der Waals surface area contributed by atoms with Crippen LogP contribution in [0.4, 0.5) is 13.2 Å². The van der Waals surface area contributed by atoms with Gasteiger partial charge in [0.25, 0.3) is 6.43 Å². The van der Waals surface area contributed by atoms with E-state index in [0.29, 0.717) is 4.47 Å². The monoisotopic (exact) mass is 239 g/mol. The fourth-order valence-corrected chi connectivity index (χ4v) is 1.13. The van der Waals surface area contributed by atoms with Crippen LogP contribution in [0.1, 0.15) is 17.7 Å². The molecule has 0 radical (unpaired) electrons. The molecular weight excluding hydrogens is 235 g/mol. The van der Waals surface area contributed by atoms with E-state index in [1.165, 1.54) is 0 Å². The molecule has 1 nitrogen and oxygen atoms in total. The van der Waals surface area contributed by atoms with E-state index in [1.807, 2.05) is 0 Å². The van der Waals surface area contributed by atoms with Crippen LogP contribution >= 0.6 is 15.9 Å². The van der Waals surface area contributed by atoms with Gasteiger partial charge in [0.2, 0.25) is 0 Å². The van der Waals surface area contributed by atoms with E-state index in [0.717, 1.165) is 12.3 Å². The summed E-state index contributed by atoms with van der Waals surface area (Å²) in [5.41, 5.74) is -0.0709. The summed E-state index contributed by atoms with van der Waals surface area (Å²) < 4.78 is 36.4. The van der Waals surface area contributed by atoms with Gasteiger partial charge in [-0.2, -0.15) is 0 Å². The molecule has 0 atom stereocenters. The van der Waals surface area contributed by atoms with Crippen molar-refractivity contribution < 1.29 is 13.2 Å². The van der Waals surface area contributed by atoms with Crippen molar-refractivity contribution in [2.45, 2.75) is 13.1 Å². The number of rotatable bonds is 2. The Balaban J connectivity index is 3.02. The van der Waals surface area contributed by atoms with Gasteiger partial charge >= 0.3 is 0 Å². The van der Waals surface area contributed by atoms with Gasteiger partial charge in [-0.05, 0) is 6.07 Å². The lowest BCUT2D eigenvalue weighted by Gasteiger charge is -2.01. The van der Waals surface area contributed by atoms with Gasteiger partial charge in [0.1, 0.15) is 12.4 Å². The lowest BCUT2D eigenvalue weighted by Crippen LogP contribution is -1.92. The quantitative estimate of drug-likeness (QED) is 0.773. The SMILES string of the molecule is FCc1cnc(C(F)F)cc1Br. The van der Waals surface area contributed by atoms with Crippen molar-refractivity contribution in [1.82, 2.24) is 4.98 Å². The number of halogens is 4. The molecule has 1 heterocycles. The van der Waals surface area contributed by atoms with Crippen LogP contribution in [0.5, 0.6) is 0 Å². The van der Waals surface area contributed by atoms with Crippen LogP contribution < -0.4 is 0 Å². The van der Waals surface area contributed by atoms with Crippen molar-refractivity contribution in [2.24, 2.45) is 0 Å². The Labute approximate surface area is 75.7 Å². The summed E-state index contributed by atoms with van der Waals surface area (Å²) in [6, 6.07) is 1.12. The largest absolute Gasteiger partial charge is 0.280 e. The maximum Gasteiger partial charge on any atom is 0.280 e. The summed E-state index contributed by atoms with van der Waals surface area (Å²) in [7, 11) is 0. The predicted octanol–water partition coefficient (Wildman–Crippen LogP) is 3.25. The lowest BCUT2D eigenvalue weighted by molar-refractivity contribution is 0.146. The summed E-state index contributed by atoms with van der Waals surface area (Å²) in [5.74, 6) is 0. The minimum Gasteiger partial charge on any atom is -0.255 e. The van der Waals surface area contributed by atoms with Crippen molar-refractivity contribution >= 4 is 15.9 Å². The first kappa shape index (κ1) is 9.51. The maximum absolute atomic E-state index is 12.1. The summed E-state index contributed by atoms with van der Waals surface area (Å²) in [6.45, 7) is -0.711.